The molecule has 0 amide bonds. The van der Waals surface area contributed by atoms with Gasteiger partial charge in [-0.2, -0.15) is 0 Å². The van der Waals surface area contributed by atoms with Crippen LogP contribution in [0, 0.1) is 13.8 Å². The lowest BCUT2D eigenvalue weighted by Gasteiger charge is -2.48. The zero-order valence-corrected chi connectivity index (χ0v) is 14.6. The van der Waals surface area contributed by atoms with E-state index in [2.05, 4.69) is 53.7 Å². The SMILES string of the molecule is Cc1cc2c(cc1C)C(C)(C)[C@@H]1OC(C)(C)OC1C2(C)C. The van der Waals surface area contributed by atoms with Crippen molar-refractivity contribution in [3.8, 4) is 0 Å². The number of benzene rings is 1. The molecule has 0 saturated carbocycles. The van der Waals surface area contributed by atoms with Crippen LogP contribution >= 0.6 is 0 Å². The van der Waals surface area contributed by atoms with E-state index in [1.165, 1.54) is 22.3 Å². The zero-order valence-electron chi connectivity index (χ0n) is 14.6. The van der Waals surface area contributed by atoms with Crippen LogP contribution in [0.25, 0.3) is 0 Å². The smallest absolute Gasteiger partial charge is 0.163 e. The molecular formula is C19H28O2. The van der Waals surface area contributed by atoms with Gasteiger partial charge in [0, 0.05) is 10.8 Å². The van der Waals surface area contributed by atoms with Gasteiger partial charge in [0.25, 0.3) is 0 Å². The van der Waals surface area contributed by atoms with Crippen LogP contribution in [-0.2, 0) is 20.3 Å². The quantitative estimate of drug-likeness (QED) is 0.705. The summed E-state index contributed by atoms with van der Waals surface area (Å²) in [5, 5.41) is 0. The molecule has 0 aromatic heterocycles. The lowest BCUT2D eigenvalue weighted by atomic mass is 9.59. The van der Waals surface area contributed by atoms with Crippen molar-refractivity contribution >= 4 is 0 Å². The normalized spacial score (nSPS) is 31.6. The van der Waals surface area contributed by atoms with Crippen LogP contribution in [0.2, 0.25) is 0 Å². The minimum Gasteiger partial charge on any atom is -0.344 e. The highest BCUT2D eigenvalue weighted by molar-refractivity contribution is 5.49. The van der Waals surface area contributed by atoms with E-state index >= 15 is 0 Å². The van der Waals surface area contributed by atoms with E-state index in [0.717, 1.165) is 0 Å². The zero-order chi connectivity index (χ0) is 15.8. The van der Waals surface area contributed by atoms with Crippen LogP contribution in [0.5, 0.6) is 0 Å². The van der Waals surface area contributed by atoms with Crippen molar-refractivity contribution in [2.24, 2.45) is 0 Å². The summed E-state index contributed by atoms with van der Waals surface area (Å²) in [6.07, 6.45) is 0.189. The monoisotopic (exact) mass is 288 g/mol. The second-order valence-corrected chi connectivity index (χ2v) is 8.40. The molecule has 0 spiro atoms. The van der Waals surface area contributed by atoms with Crippen molar-refractivity contribution in [2.45, 2.75) is 84.2 Å². The van der Waals surface area contributed by atoms with Crippen molar-refractivity contribution in [1.82, 2.24) is 0 Å². The molecular weight excluding hydrogens is 260 g/mol. The fourth-order valence-electron chi connectivity index (χ4n) is 4.00. The Morgan fingerprint density at radius 2 is 1.05 bits per heavy atom. The molecule has 1 aliphatic heterocycles. The van der Waals surface area contributed by atoms with Crippen LogP contribution in [0.3, 0.4) is 0 Å². The van der Waals surface area contributed by atoms with E-state index in [1.54, 1.807) is 0 Å². The standard InChI is InChI=1S/C19H28O2/c1-11-9-13-14(10-12(11)2)18(5,6)16-15(17(13,3)4)20-19(7,8)21-16/h9-10,15-16H,1-8H3/t15-,16?/m1/s1. The molecule has 1 aromatic rings. The Kier molecular flexibility index (Phi) is 2.95. The van der Waals surface area contributed by atoms with Gasteiger partial charge in [-0.1, -0.05) is 39.8 Å². The van der Waals surface area contributed by atoms with Crippen molar-refractivity contribution in [2.75, 3.05) is 0 Å². The largest absolute Gasteiger partial charge is 0.344 e. The molecule has 3 rings (SSSR count). The summed E-state index contributed by atoms with van der Waals surface area (Å²) in [5.41, 5.74) is 5.46. The number of hydrogen-bond donors (Lipinski definition) is 0. The Bertz CT molecular complexity index is 545. The third kappa shape index (κ3) is 1.99. The molecule has 1 aromatic carbocycles. The molecule has 2 atom stereocenters. The molecule has 0 bridgehead atoms. The first-order chi connectivity index (χ1) is 9.47. The number of aryl methyl sites for hydroxylation is 2. The van der Waals surface area contributed by atoms with Gasteiger partial charge in [0.1, 0.15) is 0 Å². The number of hydrogen-bond acceptors (Lipinski definition) is 2. The average molecular weight is 288 g/mol. The lowest BCUT2D eigenvalue weighted by Crippen LogP contribution is -2.54. The molecule has 21 heavy (non-hydrogen) atoms. The van der Waals surface area contributed by atoms with Crippen molar-refractivity contribution in [3.63, 3.8) is 0 Å². The van der Waals surface area contributed by atoms with E-state index in [0.29, 0.717) is 0 Å². The first kappa shape index (κ1) is 15.1. The van der Waals surface area contributed by atoms with E-state index < -0.39 is 5.79 Å². The van der Waals surface area contributed by atoms with E-state index in [4.69, 9.17) is 9.47 Å². The molecule has 0 radical (unpaired) electrons. The van der Waals surface area contributed by atoms with Gasteiger partial charge in [-0.3, -0.25) is 0 Å². The Morgan fingerprint density at radius 1 is 0.714 bits per heavy atom. The first-order valence-corrected chi connectivity index (χ1v) is 7.95. The summed E-state index contributed by atoms with van der Waals surface area (Å²) in [5.74, 6) is -0.504. The number of ether oxygens (including phenoxy) is 2. The third-order valence-corrected chi connectivity index (χ3v) is 5.54. The van der Waals surface area contributed by atoms with Crippen LogP contribution in [0.4, 0.5) is 0 Å². The van der Waals surface area contributed by atoms with E-state index in [-0.39, 0.29) is 23.0 Å². The highest BCUT2D eigenvalue weighted by Gasteiger charge is 2.59. The number of fused-ring (bicyclic) bond motifs is 2. The molecule has 2 nitrogen and oxygen atoms in total. The molecule has 2 aliphatic rings. The Balaban J connectivity index is 2.25. The Labute approximate surface area is 128 Å². The average Bonchev–Trinajstić information content (AvgIpc) is 2.68. The van der Waals surface area contributed by atoms with Gasteiger partial charge in [-0.25, -0.2) is 0 Å². The number of rotatable bonds is 0. The molecule has 1 heterocycles. The highest BCUT2D eigenvalue weighted by Crippen LogP contribution is 2.53. The Hall–Kier alpha value is -0.860. The summed E-state index contributed by atoms with van der Waals surface area (Å²) < 4.78 is 12.6. The topological polar surface area (TPSA) is 18.5 Å². The third-order valence-electron chi connectivity index (χ3n) is 5.54. The van der Waals surface area contributed by atoms with Crippen molar-refractivity contribution < 1.29 is 9.47 Å². The van der Waals surface area contributed by atoms with Crippen LogP contribution < -0.4 is 0 Å². The first-order valence-electron chi connectivity index (χ1n) is 7.95. The van der Waals surface area contributed by atoms with Gasteiger partial charge in [-0.15, -0.1) is 0 Å². The van der Waals surface area contributed by atoms with E-state index in [1.807, 2.05) is 13.8 Å². The molecule has 1 aliphatic carbocycles. The van der Waals surface area contributed by atoms with Crippen molar-refractivity contribution in [1.29, 1.82) is 0 Å². The summed E-state index contributed by atoms with van der Waals surface area (Å²) in [4.78, 5) is 0. The van der Waals surface area contributed by atoms with E-state index in [9.17, 15) is 0 Å². The fourth-order valence-corrected chi connectivity index (χ4v) is 4.00. The fraction of sp³-hybridized carbons (Fsp3) is 0.684. The minimum atomic E-state index is -0.504. The molecule has 2 heteroatoms. The van der Waals surface area contributed by atoms with Gasteiger partial charge in [-0.05, 0) is 49.9 Å². The second-order valence-electron chi connectivity index (χ2n) is 8.40. The maximum atomic E-state index is 6.31. The Morgan fingerprint density at radius 3 is 1.38 bits per heavy atom. The highest BCUT2D eigenvalue weighted by atomic mass is 16.8. The molecule has 1 saturated heterocycles. The summed E-state index contributed by atoms with van der Waals surface area (Å²) in [7, 11) is 0. The second kappa shape index (κ2) is 4.11. The van der Waals surface area contributed by atoms with Gasteiger partial charge < -0.3 is 9.47 Å². The summed E-state index contributed by atoms with van der Waals surface area (Å²) in [6.45, 7) is 17.6. The maximum absolute atomic E-state index is 6.31. The van der Waals surface area contributed by atoms with Gasteiger partial charge in [0.15, 0.2) is 5.79 Å². The molecule has 1 fully saturated rings. The predicted octanol–water partition coefficient (Wildman–Crippen LogP) is 4.39. The van der Waals surface area contributed by atoms with Crippen LogP contribution in [0.15, 0.2) is 12.1 Å². The lowest BCUT2D eigenvalue weighted by molar-refractivity contribution is -0.153. The minimum absolute atomic E-state index is 0.0399. The summed E-state index contributed by atoms with van der Waals surface area (Å²) >= 11 is 0. The summed E-state index contributed by atoms with van der Waals surface area (Å²) in [6, 6.07) is 4.72. The van der Waals surface area contributed by atoms with Crippen molar-refractivity contribution in [3.05, 3.63) is 34.4 Å². The van der Waals surface area contributed by atoms with Gasteiger partial charge in [0.05, 0.1) is 12.2 Å². The van der Waals surface area contributed by atoms with Gasteiger partial charge >= 0.3 is 0 Å². The maximum Gasteiger partial charge on any atom is 0.163 e. The predicted molar refractivity (Wildman–Crippen MR) is 85.8 cm³/mol. The van der Waals surface area contributed by atoms with Crippen LogP contribution in [0.1, 0.15) is 63.8 Å². The molecule has 1 unspecified atom stereocenters. The molecule has 116 valence electrons. The van der Waals surface area contributed by atoms with Gasteiger partial charge in [0.2, 0.25) is 0 Å². The van der Waals surface area contributed by atoms with Crippen LogP contribution in [-0.4, -0.2) is 18.0 Å². The molecule has 0 N–H and O–H groups in total.